The maximum absolute atomic E-state index is 14.6. The van der Waals surface area contributed by atoms with Crippen molar-refractivity contribution in [3.05, 3.63) is 86.8 Å². The van der Waals surface area contributed by atoms with Gasteiger partial charge in [-0.15, -0.1) is 0 Å². The first kappa shape index (κ1) is 28.5. The number of piperidine rings is 1. The van der Waals surface area contributed by atoms with Gasteiger partial charge < -0.3 is 19.3 Å². The third-order valence-electron chi connectivity index (χ3n) is 8.49. The Morgan fingerprint density at radius 3 is 2.61 bits per heavy atom. The van der Waals surface area contributed by atoms with Gasteiger partial charge >= 0.3 is 0 Å². The van der Waals surface area contributed by atoms with E-state index in [0.29, 0.717) is 31.4 Å². The summed E-state index contributed by atoms with van der Waals surface area (Å²) < 4.78 is 12.6. The van der Waals surface area contributed by atoms with Crippen molar-refractivity contribution in [2.75, 3.05) is 31.9 Å². The van der Waals surface area contributed by atoms with Crippen LogP contribution >= 0.6 is 27.5 Å². The Hall–Kier alpha value is -2.65. The molecule has 3 aliphatic rings. The summed E-state index contributed by atoms with van der Waals surface area (Å²) >= 11 is 10.3. The van der Waals surface area contributed by atoms with Crippen molar-refractivity contribution < 1.29 is 14.3 Å². The molecule has 0 bridgehead atoms. The second kappa shape index (κ2) is 10.9. The standard InChI is InChI=1S/C32H35BrClN3O3Si/c1-39-24-9-5-21(6-10-24)19-36-14-13-32-26-18-23(34)8-12-27(26)35-31(32)37(20-40-15-16-41(2,3)4)28-17-22(33)7-11-25(28)29(32)30(36)38/h5-12,17-18,29H,13-16,19-20H2,1-4H3/t29-,32-/m1/s1. The van der Waals surface area contributed by atoms with Gasteiger partial charge in [0, 0.05) is 43.0 Å². The Bertz CT molecular complexity index is 1520. The van der Waals surface area contributed by atoms with Crippen molar-refractivity contribution in [3.8, 4) is 5.75 Å². The lowest BCUT2D eigenvalue weighted by atomic mass is 9.60. The van der Waals surface area contributed by atoms with E-state index < -0.39 is 19.4 Å². The SMILES string of the molecule is COc1ccc(CN2CC[C@@]34C(=Nc5ccc(Cl)cc53)N(COCC[Si](C)(C)C)c3cc(Br)ccc3[C@@H]4C2=O)cc1. The highest BCUT2D eigenvalue weighted by atomic mass is 79.9. The van der Waals surface area contributed by atoms with Crippen molar-refractivity contribution in [1.29, 1.82) is 0 Å². The normalized spacial score (nSPS) is 21.2. The minimum Gasteiger partial charge on any atom is -0.497 e. The molecule has 1 amide bonds. The largest absolute Gasteiger partial charge is 0.497 e. The molecule has 1 saturated heterocycles. The molecule has 3 aromatic rings. The van der Waals surface area contributed by atoms with E-state index in [-0.39, 0.29) is 5.91 Å². The number of rotatable bonds is 8. The van der Waals surface area contributed by atoms with Crippen LogP contribution in [0.5, 0.6) is 5.75 Å². The van der Waals surface area contributed by atoms with E-state index in [1.54, 1.807) is 7.11 Å². The van der Waals surface area contributed by atoms with Crippen molar-refractivity contribution in [1.82, 2.24) is 4.90 Å². The van der Waals surface area contributed by atoms with E-state index >= 15 is 0 Å². The number of benzene rings is 3. The maximum Gasteiger partial charge on any atom is 0.231 e. The van der Waals surface area contributed by atoms with Gasteiger partial charge in [-0.3, -0.25) is 4.79 Å². The Balaban J connectivity index is 1.43. The summed E-state index contributed by atoms with van der Waals surface area (Å²) in [6.45, 7) is 9.31. The van der Waals surface area contributed by atoms with Crippen LogP contribution in [-0.2, 0) is 21.5 Å². The van der Waals surface area contributed by atoms with Gasteiger partial charge in [0.15, 0.2) is 0 Å². The molecule has 3 heterocycles. The summed E-state index contributed by atoms with van der Waals surface area (Å²) in [7, 11) is 0.414. The average Bonchev–Trinajstić information content (AvgIpc) is 3.25. The van der Waals surface area contributed by atoms with Crippen LogP contribution < -0.4 is 9.64 Å². The highest BCUT2D eigenvalue weighted by Crippen LogP contribution is 2.59. The van der Waals surface area contributed by atoms with Gasteiger partial charge in [-0.1, -0.05) is 65.4 Å². The zero-order valence-electron chi connectivity index (χ0n) is 23.9. The molecule has 0 aliphatic carbocycles. The van der Waals surface area contributed by atoms with E-state index in [0.717, 1.165) is 56.6 Å². The molecule has 1 fully saturated rings. The van der Waals surface area contributed by atoms with Crippen LogP contribution in [0.2, 0.25) is 30.7 Å². The van der Waals surface area contributed by atoms with Gasteiger partial charge in [-0.2, -0.15) is 0 Å². The number of aliphatic imine (C=N–C) groups is 1. The molecule has 6 nitrogen and oxygen atoms in total. The second-order valence-corrected chi connectivity index (χ2v) is 19.3. The molecule has 0 unspecified atom stereocenters. The molecule has 3 aromatic carbocycles. The van der Waals surface area contributed by atoms with Gasteiger partial charge in [0.25, 0.3) is 0 Å². The highest BCUT2D eigenvalue weighted by Gasteiger charge is 2.61. The third kappa shape index (κ3) is 5.13. The fourth-order valence-corrected chi connectivity index (χ4v) is 7.65. The number of amidine groups is 1. The van der Waals surface area contributed by atoms with Crippen molar-refractivity contribution in [2.24, 2.45) is 4.99 Å². The minimum atomic E-state index is -1.25. The molecular weight excluding hydrogens is 618 g/mol. The van der Waals surface area contributed by atoms with Crippen molar-refractivity contribution in [2.45, 2.75) is 50.0 Å². The molecule has 41 heavy (non-hydrogen) atoms. The number of hydrogen-bond donors (Lipinski definition) is 0. The summed E-state index contributed by atoms with van der Waals surface area (Å²) in [4.78, 5) is 24.0. The number of ether oxygens (including phenoxy) is 2. The lowest BCUT2D eigenvalue weighted by Crippen LogP contribution is -2.61. The van der Waals surface area contributed by atoms with Crippen LogP contribution in [0.25, 0.3) is 0 Å². The monoisotopic (exact) mass is 651 g/mol. The number of carbonyl (C=O) groups excluding carboxylic acids is 1. The Kier molecular flexibility index (Phi) is 7.55. The number of anilines is 1. The van der Waals surface area contributed by atoms with Crippen molar-refractivity contribution >= 4 is 58.7 Å². The van der Waals surface area contributed by atoms with Crippen LogP contribution in [0.1, 0.15) is 29.0 Å². The molecule has 1 spiro atoms. The van der Waals surface area contributed by atoms with E-state index in [2.05, 4.69) is 52.6 Å². The fraction of sp³-hybridized carbons (Fsp3) is 0.375. The Morgan fingerprint density at radius 2 is 1.88 bits per heavy atom. The van der Waals surface area contributed by atoms with Crippen LogP contribution in [0.4, 0.5) is 11.4 Å². The number of nitrogens with zero attached hydrogens (tertiary/aromatic N) is 3. The lowest BCUT2D eigenvalue weighted by molar-refractivity contribution is -0.137. The number of amides is 1. The molecule has 6 rings (SSSR count). The van der Waals surface area contributed by atoms with Gasteiger partial charge in [-0.05, 0) is 71.6 Å². The summed E-state index contributed by atoms with van der Waals surface area (Å²) in [5.41, 5.74) is 4.33. The van der Waals surface area contributed by atoms with Gasteiger partial charge in [0.1, 0.15) is 18.3 Å². The fourth-order valence-electron chi connectivity index (χ4n) is 6.37. The van der Waals surface area contributed by atoms with Gasteiger partial charge in [0.05, 0.1) is 24.1 Å². The van der Waals surface area contributed by atoms with Crippen LogP contribution in [-0.4, -0.2) is 51.7 Å². The highest BCUT2D eigenvalue weighted by molar-refractivity contribution is 9.10. The molecule has 0 saturated carbocycles. The quantitative estimate of drug-likeness (QED) is 0.185. The molecule has 9 heteroatoms. The van der Waals surface area contributed by atoms with E-state index in [1.807, 2.05) is 53.4 Å². The number of halogens is 2. The molecule has 0 N–H and O–H groups in total. The smallest absolute Gasteiger partial charge is 0.231 e. The van der Waals surface area contributed by atoms with E-state index in [4.69, 9.17) is 26.1 Å². The number of carbonyl (C=O) groups is 1. The van der Waals surface area contributed by atoms with Gasteiger partial charge in [0.2, 0.25) is 5.91 Å². The number of likely N-dealkylation sites (tertiary alicyclic amines) is 1. The zero-order chi connectivity index (χ0) is 28.9. The number of hydrogen-bond acceptors (Lipinski definition) is 5. The Labute approximate surface area is 256 Å². The predicted octanol–water partition coefficient (Wildman–Crippen LogP) is 7.74. The third-order valence-corrected chi connectivity index (χ3v) is 10.9. The summed E-state index contributed by atoms with van der Waals surface area (Å²) in [6.07, 6.45) is 0.743. The summed E-state index contributed by atoms with van der Waals surface area (Å²) in [5.74, 6) is 1.37. The number of fused-ring (bicyclic) bond motifs is 3. The lowest BCUT2D eigenvalue weighted by Gasteiger charge is -2.52. The zero-order valence-corrected chi connectivity index (χ0v) is 27.3. The summed E-state index contributed by atoms with van der Waals surface area (Å²) in [6, 6.07) is 21.1. The molecule has 3 aliphatic heterocycles. The van der Waals surface area contributed by atoms with Crippen LogP contribution in [0, 0.1) is 0 Å². The second-order valence-electron chi connectivity index (χ2n) is 12.3. The molecule has 2 atom stereocenters. The first-order valence-corrected chi connectivity index (χ1v) is 18.9. The van der Waals surface area contributed by atoms with Gasteiger partial charge in [-0.25, -0.2) is 4.99 Å². The maximum atomic E-state index is 14.6. The van der Waals surface area contributed by atoms with E-state index in [9.17, 15) is 4.79 Å². The van der Waals surface area contributed by atoms with E-state index in [1.165, 1.54) is 0 Å². The molecule has 0 radical (unpaired) electrons. The molecule has 0 aromatic heterocycles. The van der Waals surface area contributed by atoms with Crippen molar-refractivity contribution in [3.63, 3.8) is 0 Å². The van der Waals surface area contributed by atoms with Crippen LogP contribution in [0.15, 0.2) is 70.1 Å². The summed E-state index contributed by atoms with van der Waals surface area (Å²) in [5, 5.41) is 0.654. The Morgan fingerprint density at radius 1 is 1.10 bits per heavy atom. The minimum absolute atomic E-state index is 0.107. The molecular formula is C32H35BrClN3O3Si. The first-order valence-electron chi connectivity index (χ1n) is 14.1. The number of methoxy groups -OCH3 is 1. The molecule has 214 valence electrons. The predicted molar refractivity (Wildman–Crippen MR) is 172 cm³/mol. The van der Waals surface area contributed by atoms with Crippen LogP contribution in [0.3, 0.4) is 0 Å². The average molecular weight is 653 g/mol. The first-order chi connectivity index (χ1) is 19.6. The topological polar surface area (TPSA) is 54.4 Å².